The Hall–Kier alpha value is -4.25. The molecule has 2 N–H and O–H groups in total. The molecule has 144 valence electrons. The lowest BCUT2D eigenvalue weighted by Crippen LogP contribution is -2.19. The minimum absolute atomic E-state index is 0.109. The average molecular weight is 391 g/mol. The van der Waals surface area contributed by atoms with Gasteiger partial charge in [-0.05, 0) is 55.0 Å². The zero-order valence-corrected chi connectivity index (χ0v) is 15.1. The summed E-state index contributed by atoms with van der Waals surface area (Å²) in [7, 11) is 0. The first-order chi connectivity index (χ1) is 13.9. The van der Waals surface area contributed by atoms with Crippen molar-refractivity contribution >= 4 is 18.1 Å². The molecule has 0 aliphatic rings. The van der Waals surface area contributed by atoms with Gasteiger partial charge in [0.2, 0.25) is 0 Å². The second-order valence-electron chi connectivity index (χ2n) is 6.04. The van der Waals surface area contributed by atoms with E-state index in [4.69, 9.17) is 14.8 Å². The fourth-order valence-electron chi connectivity index (χ4n) is 2.62. The Balaban J connectivity index is 1.70. The molecule has 0 bridgehead atoms. The van der Waals surface area contributed by atoms with Gasteiger partial charge >= 0.3 is 5.97 Å². The van der Waals surface area contributed by atoms with Gasteiger partial charge in [0, 0.05) is 5.56 Å². The Kier molecular flexibility index (Phi) is 5.51. The van der Waals surface area contributed by atoms with Crippen molar-refractivity contribution in [2.75, 3.05) is 0 Å². The van der Waals surface area contributed by atoms with Crippen LogP contribution in [0, 0.1) is 24.1 Å². The minimum Gasteiger partial charge on any atom is -0.478 e. The summed E-state index contributed by atoms with van der Waals surface area (Å²) < 4.78 is 19.5. The number of rotatable bonds is 5. The van der Waals surface area contributed by atoms with Crippen LogP contribution in [0.1, 0.15) is 37.6 Å². The zero-order valence-electron chi connectivity index (χ0n) is 15.1. The molecular formula is C21H14FN3O4. The summed E-state index contributed by atoms with van der Waals surface area (Å²) in [6.07, 6.45) is 1.25. The molecule has 0 spiro atoms. The summed E-state index contributed by atoms with van der Waals surface area (Å²) >= 11 is 0. The third-order valence-electron chi connectivity index (χ3n) is 4.07. The lowest BCUT2D eigenvalue weighted by molar-refractivity contribution is 0.0696. The minimum atomic E-state index is -1.01. The number of furan rings is 1. The number of carbonyl (C=O) groups excluding carboxylic acids is 1. The fourth-order valence-corrected chi connectivity index (χ4v) is 2.62. The number of halogens is 1. The molecule has 0 aliphatic carbocycles. The first kappa shape index (κ1) is 19.5. The number of aryl methyl sites for hydroxylation is 1. The molecule has 2 aromatic carbocycles. The van der Waals surface area contributed by atoms with Gasteiger partial charge in [0.25, 0.3) is 5.91 Å². The van der Waals surface area contributed by atoms with Crippen molar-refractivity contribution in [2.45, 2.75) is 6.92 Å². The van der Waals surface area contributed by atoms with Crippen molar-refractivity contribution < 1.29 is 23.5 Å². The van der Waals surface area contributed by atoms with Crippen LogP contribution in [-0.2, 0) is 0 Å². The van der Waals surface area contributed by atoms with Gasteiger partial charge in [-0.15, -0.1) is 0 Å². The van der Waals surface area contributed by atoms with Crippen molar-refractivity contribution in [2.24, 2.45) is 5.10 Å². The van der Waals surface area contributed by atoms with Crippen LogP contribution in [0.2, 0.25) is 0 Å². The van der Waals surface area contributed by atoms with E-state index in [1.807, 2.05) is 0 Å². The van der Waals surface area contributed by atoms with Crippen molar-refractivity contribution in [3.05, 3.63) is 82.4 Å². The summed E-state index contributed by atoms with van der Waals surface area (Å²) in [6.45, 7) is 1.77. The number of hydrogen-bond donors (Lipinski definition) is 2. The summed E-state index contributed by atoms with van der Waals surface area (Å²) in [5, 5.41) is 21.5. The number of amides is 1. The van der Waals surface area contributed by atoms with Crippen LogP contribution in [0.4, 0.5) is 4.39 Å². The van der Waals surface area contributed by atoms with Crippen LogP contribution in [0.3, 0.4) is 0 Å². The highest BCUT2D eigenvalue weighted by Crippen LogP contribution is 2.26. The molecule has 0 fully saturated rings. The predicted molar refractivity (Wildman–Crippen MR) is 102 cm³/mol. The van der Waals surface area contributed by atoms with E-state index in [1.165, 1.54) is 24.4 Å². The molecule has 8 heteroatoms. The maximum absolute atomic E-state index is 13.8. The number of hydrogen-bond acceptors (Lipinski definition) is 5. The summed E-state index contributed by atoms with van der Waals surface area (Å²) in [6, 6.07) is 13.3. The number of carboxylic acid groups (broad SMARTS) is 1. The SMILES string of the molecule is Cc1cc(C(=O)O)ccc1-c1ccc(/C=N\NC(=O)c2ccc(C#N)cc2F)o1. The second kappa shape index (κ2) is 8.19. The predicted octanol–water partition coefficient (Wildman–Crippen LogP) is 3.73. The molecule has 1 aromatic heterocycles. The lowest BCUT2D eigenvalue weighted by atomic mass is 10.0. The molecule has 1 amide bonds. The van der Waals surface area contributed by atoms with Crippen LogP contribution in [0.15, 0.2) is 58.0 Å². The number of nitrogens with one attached hydrogen (secondary N) is 1. The summed E-state index contributed by atoms with van der Waals surface area (Å²) in [5.74, 6) is -1.76. The van der Waals surface area contributed by atoms with Gasteiger partial charge < -0.3 is 9.52 Å². The molecule has 3 aromatic rings. The molecule has 3 rings (SSSR count). The highest BCUT2D eigenvalue weighted by atomic mass is 19.1. The molecule has 0 aliphatic heterocycles. The van der Waals surface area contributed by atoms with E-state index >= 15 is 0 Å². The van der Waals surface area contributed by atoms with E-state index in [0.29, 0.717) is 11.5 Å². The molecule has 0 radical (unpaired) electrons. The number of nitrogens with zero attached hydrogens (tertiary/aromatic N) is 2. The normalized spacial score (nSPS) is 10.7. The Morgan fingerprint density at radius 1 is 1.21 bits per heavy atom. The fraction of sp³-hybridized carbons (Fsp3) is 0.0476. The van der Waals surface area contributed by atoms with Gasteiger partial charge in [-0.3, -0.25) is 4.79 Å². The maximum atomic E-state index is 13.8. The van der Waals surface area contributed by atoms with Gasteiger partial charge in [0.05, 0.1) is 29.0 Å². The number of carboxylic acids is 1. The first-order valence-corrected chi connectivity index (χ1v) is 8.36. The van der Waals surface area contributed by atoms with E-state index in [9.17, 15) is 14.0 Å². The third-order valence-corrected chi connectivity index (χ3v) is 4.07. The Morgan fingerprint density at radius 3 is 2.66 bits per heavy atom. The third kappa shape index (κ3) is 4.36. The zero-order chi connectivity index (χ0) is 21.0. The average Bonchev–Trinajstić information content (AvgIpc) is 3.16. The number of hydrazone groups is 1. The Labute approximate surface area is 164 Å². The first-order valence-electron chi connectivity index (χ1n) is 8.36. The van der Waals surface area contributed by atoms with Crippen molar-refractivity contribution in [1.29, 1.82) is 5.26 Å². The van der Waals surface area contributed by atoms with Crippen LogP contribution in [0.5, 0.6) is 0 Å². The van der Waals surface area contributed by atoms with Gasteiger partial charge in [-0.1, -0.05) is 6.07 Å². The lowest BCUT2D eigenvalue weighted by Gasteiger charge is -2.04. The molecular weight excluding hydrogens is 377 g/mol. The number of aromatic carboxylic acids is 1. The second-order valence-corrected chi connectivity index (χ2v) is 6.04. The van der Waals surface area contributed by atoms with Crippen molar-refractivity contribution in [1.82, 2.24) is 5.43 Å². The van der Waals surface area contributed by atoms with E-state index in [1.54, 1.807) is 37.3 Å². The van der Waals surface area contributed by atoms with Gasteiger partial charge in [0.15, 0.2) is 0 Å². The highest BCUT2D eigenvalue weighted by Gasteiger charge is 2.12. The smallest absolute Gasteiger partial charge is 0.335 e. The molecule has 7 nitrogen and oxygen atoms in total. The molecule has 0 unspecified atom stereocenters. The van der Waals surface area contributed by atoms with Gasteiger partial charge in [-0.25, -0.2) is 14.6 Å². The maximum Gasteiger partial charge on any atom is 0.335 e. The molecule has 0 atom stereocenters. The highest BCUT2D eigenvalue weighted by molar-refractivity contribution is 5.95. The van der Waals surface area contributed by atoms with Crippen molar-refractivity contribution in [3.63, 3.8) is 0 Å². The van der Waals surface area contributed by atoms with E-state index in [-0.39, 0.29) is 16.7 Å². The van der Waals surface area contributed by atoms with Crippen molar-refractivity contribution in [3.8, 4) is 17.4 Å². The molecule has 29 heavy (non-hydrogen) atoms. The summed E-state index contributed by atoms with van der Waals surface area (Å²) in [4.78, 5) is 23.0. The van der Waals surface area contributed by atoms with E-state index in [2.05, 4.69) is 10.5 Å². The quantitative estimate of drug-likeness (QED) is 0.508. The largest absolute Gasteiger partial charge is 0.478 e. The van der Waals surface area contributed by atoms with E-state index in [0.717, 1.165) is 17.2 Å². The monoisotopic (exact) mass is 391 g/mol. The number of carbonyl (C=O) groups is 2. The van der Waals surface area contributed by atoms with Crippen LogP contribution < -0.4 is 5.43 Å². The molecule has 0 saturated heterocycles. The summed E-state index contributed by atoms with van der Waals surface area (Å²) in [5.41, 5.74) is 3.68. The van der Waals surface area contributed by atoms with Gasteiger partial charge in [0.1, 0.15) is 17.3 Å². The number of benzene rings is 2. The molecule has 0 saturated carbocycles. The Morgan fingerprint density at radius 2 is 2.00 bits per heavy atom. The van der Waals surface area contributed by atoms with Gasteiger partial charge in [-0.2, -0.15) is 10.4 Å². The Bertz CT molecular complexity index is 1170. The van der Waals surface area contributed by atoms with Crippen LogP contribution in [0.25, 0.3) is 11.3 Å². The topological polar surface area (TPSA) is 116 Å². The van der Waals surface area contributed by atoms with Crippen LogP contribution in [-0.4, -0.2) is 23.2 Å². The van der Waals surface area contributed by atoms with Crippen LogP contribution >= 0.6 is 0 Å². The van der Waals surface area contributed by atoms with E-state index < -0.39 is 17.7 Å². The standard InChI is InChI=1S/C21H14FN3O4/c1-12-8-14(21(27)28)3-6-16(12)19-7-4-15(29-19)11-24-25-20(26)17-5-2-13(10-23)9-18(17)22/h2-9,11H,1H3,(H,25,26)(H,27,28)/b24-11-. The number of nitriles is 1. The molecule has 1 heterocycles.